The number of nitrogens with one attached hydrogen (secondary N) is 1. The number of hydrogen-bond donors (Lipinski definition) is 3. The number of nitrogens with two attached hydrogens (primary N) is 1. The molecule has 1 rings (SSSR count). The molecule has 0 unspecified atom stereocenters. The Morgan fingerprint density at radius 3 is 2.40 bits per heavy atom. The van der Waals surface area contributed by atoms with E-state index in [2.05, 4.69) is 17.4 Å². The van der Waals surface area contributed by atoms with Crippen LogP contribution < -0.4 is 11.1 Å². The van der Waals surface area contributed by atoms with Crippen molar-refractivity contribution < 1.29 is 18.4 Å². The molecular weight excluding hydrogens is 282 g/mol. The van der Waals surface area contributed by atoms with Crippen molar-refractivity contribution in [1.29, 1.82) is 0 Å². The molecule has 0 radical (unpaired) electrons. The fourth-order valence-electron chi connectivity index (χ4n) is 2.66. The predicted molar refractivity (Wildman–Crippen MR) is 76.2 cm³/mol. The van der Waals surface area contributed by atoms with Gasteiger partial charge >= 0.3 is 0 Å². The molecule has 7 nitrogen and oxygen atoms in total. The number of oxime groups is 1. The first-order chi connectivity index (χ1) is 9.22. The van der Waals surface area contributed by atoms with Crippen molar-refractivity contribution in [3.8, 4) is 0 Å². The van der Waals surface area contributed by atoms with E-state index in [0.717, 1.165) is 25.5 Å². The van der Waals surface area contributed by atoms with Crippen LogP contribution in [0.25, 0.3) is 0 Å². The molecule has 0 bridgehead atoms. The minimum atomic E-state index is -3.40. The third-order valence-corrected chi connectivity index (χ3v) is 4.69. The second-order valence-corrected chi connectivity index (χ2v) is 7.68. The third kappa shape index (κ3) is 4.36. The molecule has 0 aromatic rings. The summed E-state index contributed by atoms with van der Waals surface area (Å²) in [5, 5.41) is 14.6. The summed E-state index contributed by atoms with van der Waals surface area (Å²) in [6.07, 6.45) is 4.85. The van der Waals surface area contributed by atoms with Crippen LogP contribution in [0.3, 0.4) is 0 Å². The lowest BCUT2D eigenvalue weighted by Gasteiger charge is -2.39. The van der Waals surface area contributed by atoms with Crippen LogP contribution in [0.5, 0.6) is 0 Å². The monoisotopic (exact) mass is 305 g/mol. The number of sulfone groups is 1. The quantitative estimate of drug-likeness (QED) is 0.290. The van der Waals surface area contributed by atoms with Crippen LogP contribution in [-0.2, 0) is 14.6 Å². The lowest BCUT2D eigenvalue weighted by atomic mass is 9.75. The van der Waals surface area contributed by atoms with Gasteiger partial charge in [-0.25, -0.2) is 8.42 Å². The van der Waals surface area contributed by atoms with Crippen LogP contribution in [0.2, 0.25) is 0 Å². The molecule has 116 valence electrons. The Balaban J connectivity index is 2.84. The minimum absolute atomic E-state index is 0.0612. The Morgan fingerprint density at radius 2 is 2.00 bits per heavy atom. The summed E-state index contributed by atoms with van der Waals surface area (Å²) in [5.41, 5.74) is 4.79. The van der Waals surface area contributed by atoms with E-state index in [1.165, 1.54) is 0 Å². The molecule has 1 aliphatic rings. The summed E-state index contributed by atoms with van der Waals surface area (Å²) in [4.78, 5) is 11.8. The maximum absolute atomic E-state index is 11.8. The molecule has 0 atom stereocenters. The van der Waals surface area contributed by atoms with E-state index in [-0.39, 0.29) is 5.84 Å². The van der Waals surface area contributed by atoms with Crippen molar-refractivity contribution in [2.75, 3.05) is 12.0 Å². The molecule has 1 saturated carbocycles. The lowest BCUT2D eigenvalue weighted by Crippen LogP contribution is -2.60. The first-order valence-electron chi connectivity index (χ1n) is 6.69. The number of carbonyl (C=O) groups is 1. The van der Waals surface area contributed by atoms with Crippen molar-refractivity contribution >= 4 is 21.6 Å². The SMILES string of the molecule is CCC1CCC(NC(=O)CS(C)(=O)=O)(C(N)=NO)CC1. The molecule has 0 aromatic heterocycles. The molecule has 4 N–H and O–H groups in total. The molecule has 20 heavy (non-hydrogen) atoms. The van der Waals surface area contributed by atoms with E-state index in [1.54, 1.807) is 0 Å². The third-order valence-electron chi connectivity index (χ3n) is 3.91. The van der Waals surface area contributed by atoms with Gasteiger partial charge in [-0.05, 0) is 31.6 Å². The average Bonchev–Trinajstić information content (AvgIpc) is 2.36. The Labute approximate surface area is 119 Å². The molecule has 0 saturated heterocycles. The number of rotatable bonds is 5. The predicted octanol–water partition coefficient (Wildman–Crippen LogP) is 0.233. The fraction of sp³-hybridized carbons (Fsp3) is 0.833. The van der Waals surface area contributed by atoms with Gasteiger partial charge in [0.05, 0.1) is 0 Å². The molecule has 0 aromatic carbocycles. The van der Waals surface area contributed by atoms with Crippen LogP contribution in [0, 0.1) is 5.92 Å². The Hall–Kier alpha value is -1.31. The fourth-order valence-corrected chi connectivity index (χ4v) is 3.21. The van der Waals surface area contributed by atoms with Crippen molar-refractivity contribution in [2.24, 2.45) is 16.8 Å². The Bertz CT molecular complexity index is 479. The van der Waals surface area contributed by atoms with E-state index in [4.69, 9.17) is 10.9 Å². The van der Waals surface area contributed by atoms with Crippen LogP contribution >= 0.6 is 0 Å². The van der Waals surface area contributed by atoms with Crippen LogP contribution in [0.1, 0.15) is 39.0 Å². The molecule has 1 fully saturated rings. The number of nitrogens with zero attached hydrogens (tertiary/aromatic N) is 1. The first-order valence-corrected chi connectivity index (χ1v) is 8.75. The van der Waals surface area contributed by atoms with Gasteiger partial charge in [0.1, 0.15) is 11.3 Å². The van der Waals surface area contributed by atoms with Gasteiger partial charge in [0.25, 0.3) is 0 Å². The van der Waals surface area contributed by atoms with Gasteiger partial charge in [-0.15, -0.1) is 0 Å². The first kappa shape index (κ1) is 16.7. The zero-order valence-corrected chi connectivity index (χ0v) is 12.7. The second kappa shape index (κ2) is 6.43. The van der Waals surface area contributed by atoms with Gasteiger partial charge in [-0.3, -0.25) is 4.79 Å². The highest BCUT2D eigenvalue weighted by Crippen LogP contribution is 2.34. The van der Waals surface area contributed by atoms with Crippen LogP contribution in [0.15, 0.2) is 5.16 Å². The molecule has 0 spiro atoms. The standard InChI is InChI=1S/C12H23N3O4S/c1-3-9-4-6-12(7-5-9,11(13)15-17)14-10(16)8-20(2,18)19/h9,17H,3-8H2,1-2H3,(H2,13,15)(H,14,16). The molecule has 1 amide bonds. The molecule has 0 heterocycles. The summed E-state index contributed by atoms with van der Waals surface area (Å²) in [6, 6.07) is 0. The molecular formula is C12H23N3O4S. The summed E-state index contributed by atoms with van der Waals surface area (Å²) >= 11 is 0. The zero-order chi connectivity index (χ0) is 15.4. The Morgan fingerprint density at radius 1 is 1.45 bits per heavy atom. The number of carbonyl (C=O) groups excluding carboxylic acids is 1. The van der Waals surface area contributed by atoms with Gasteiger partial charge in [0, 0.05) is 6.26 Å². The van der Waals surface area contributed by atoms with Crippen molar-refractivity contribution in [1.82, 2.24) is 5.32 Å². The second-order valence-electron chi connectivity index (χ2n) is 5.54. The Kier molecular flexibility index (Phi) is 5.38. The van der Waals surface area contributed by atoms with E-state index in [9.17, 15) is 13.2 Å². The highest BCUT2D eigenvalue weighted by Gasteiger charge is 2.40. The van der Waals surface area contributed by atoms with E-state index in [1.807, 2.05) is 0 Å². The summed E-state index contributed by atoms with van der Waals surface area (Å²) in [7, 11) is -3.40. The van der Waals surface area contributed by atoms with E-state index < -0.39 is 27.0 Å². The van der Waals surface area contributed by atoms with Crippen molar-refractivity contribution in [2.45, 2.75) is 44.6 Å². The van der Waals surface area contributed by atoms with Crippen molar-refractivity contribution in [3.05, 3.63) is 0 Å². The smallest absolute Gasteiger partial charge is 0.235 e. The van der Waals surface area contributed by atoms with Crippen molar-refractivity contribution in [3.63, 3.8) is 0 Å². The van der Waals surface area contributed by atoms with Crippen LogP contribution in [-0.4, -0.2) is 42.9 Å². The van der Waals surface area contributed by atoms with Gasteiger partial charge in [0.15, 0.2) is 15.7 Å². The van der Waals surface area contributed by atoms with Gasteiger partial charge in [-0.1, -0.05) is 18.5 Å². The highest BCUT2D eigenvalue weighted by molar-refractivity contribution is 7.91. The van der Waals surface area contributed by atoms with Gasteiger partial charge in [0.2, 0.25) is 5.91 Å². The average molecular weight is 305 g/mol. The minimum Gasteiger partial charge on any atom is -0.409 e. The number of amides is 1. The number of hydrogen-bond acceptors (Lipinski definition) is 5. The largest absolute Gasteiger partial charge is 0.409 e. The topological polar surface area (TPSA) is 122 Å². The maximum Gasteiger partial charge on any atom is 0.235 e. The molecule has 8 heteroatoms. The highest BCUT2D eigenvalue weighted by atomic mass is 32.2. The molecule has 1 aliphatic carbocycles. The van der Waals surface area contributed by atoms with E-state index >= 15 is 0 Å². The molecule has 0 aliphatic heterocycles. The zero-order valence-electron chi connectivity index (χ0n) is 11.9. The normalized spacial score (nSPS) is 28.1. The van der Waals surface area contributed by atoms with Crippen LogP contribution in [0.4, 0.5) is 0 Å². The maximum atomic E-state index is 11.8. The van der Waals surface area contributed by atoms with Gasteiger partial charge in [-0.2, -0.15) is 0 Å². The lowest BCUT2D eigenvalue weighted by molar-refractivity contribution is -0.120. The summed E-state index contributed by atoms with van der Waals surface area (Å²) < 4.78 is 22.3. The summed E-state index contributed by atoms with van der Waals surface area (Å²) in [6.45, 7) is 2.10. The summed E-state index contributed by atoms with van der Waals surface area (Å²) in [5.74, 6) is -0.714. The number of amidine groups is 1. The van der Waals surface area contributed by atoms with E-state index in [0.29, 0.717) is 18.8 Å². The van der Waals surface area contributed by atoms with Gasteiger partial charge < -0.3 is 16.3 Å².